The number of hydrogen-bond donors (Lipinski definition) is 1. The number of rotatable bonds is 3. The van der Waals surface area contributed by atoms with Crippen LogP contribution in [-0.4, -0.2) is 59.2 Å². The average molecular weight is 609 g/mol. The SMILES string of the molecule is COc1nc2c(c(N3CC4CCC(C4)C3)n1)COC(c1cc(N)nc(C)c1C(F)(F)F)C2.FC(F)=C1CC2CCCN2C1. The minimum Gasteiger partial charge on any atom is -0.467 e. The molecule has 6 heterocycles. The van der Waals surface area contributed by atoms with Crippen LogP contribution in [0.3, 0.4) is 0 Å². The summed E-state index contributed by atoms with van der Waals surface area (Å²) >= 11 is 0. The van der Waals surface area contributed by atoms with Gasteiger partial charge in [-0.25, -0.2) is 4.98 Å². The standard InChI is InChI=1S/C22H26F3N5O2.C8H11F2N/c1-11-19(22(23,24)25)14(6-18(26)27-11)17-7-16-15(10-32-17)20(29-21(28-16)31-2)30-8-12-3-4-13(5-12)9-30;9-8(10)6-4-7-2-1-3-11(7)5-6/h6,12-13,17H,3-5,7-10H2,1-2H3,(H2,26,27);7H,1-5H2. The van der Waals surface area contributed by atoms with Gasteiger partial charge in [0.25, 0.3) is 6.08 Å². The smallest absolute Gasteiger partial charge is 0.418 e. The Bertz CT molecular complexity index is 1370. The Balaban J connectivity index is 0.000000250. The number of hydrogen-bond acceptors (Lipinski definition) is 8. The van der Waals surface area contributed by atoms with Gasteiger partial charge in [-0.3, -0.25) is 4.90 Å². The van der Waals surface area contributed by atoms with Gasteiger partial charge in [-0.15, -0.1) is 0 Å². The molecule has 2 N–H and O–H groups in total. The van der Waals surface area contributed by atoms with Crippen molar-refractivity contribution in [2.75, 3.05) is 43.9 Å². The monoisotopic (exact) mass is 608 g/mol. The number of nitrogens with zero attached hydrogens (tertiary/aromatic N) is 5. The third-order valence-electron chi connectivity index (χ3n) is 9.47. The van der Waals surface area contributed by atoms with E-state index in [0.717, 1.165) is 37.4 Å². The van der Waals surface area contributed by atoms with E-state index in [9.17, 15) is 22.0 Å². The zero-order valence-electron chi connectivity index (χ0n) is 24.4. The molecule has 0 spiro atoms. The molecule has 4 fully saturated rings. The number of aryl methyl sites for hydroxylation is 1. The molecule has 0 amide bonds. The van der Waals surface area contributed by atoms with Crippen LogP contribution in [0.5, 0.6) is 6.01 Å². The zero-order chi connectivity index (χ0) is 30.5. The van der Waals surface area contributed by atoms with Gasteiger partial charge >= 0.3 is 12.2 Å². The van der Waals surface area contributed by atoms with Gasteiger partial charge in [0.15, 0.2) is 0 Å². The maximum atomic E-state index is 13.8. The van der Waals surface area contributed by atoms with Gasteiger partial charge in [-0.05, 0) is 75.5 Å². The van der Waals surface area contributed by atoms with Crippen molar-refractivity contribution in [2.24, 2.45) is 11.8 Å². The number of fused-ring (bicyclic) bond motifs is 4. The Morgan fingerprint density at radius 3 is 2.47 bits per heavy atom. The molecule has 1 aliphatic carbocycles. The van der Waals surface area contributed by atoms with Crippen LogP contribution in [0.15, 0.2) is 17.7 Å². The topological polar surface area (TPSA) is 89.6 Å². The lowest BCUT2D eigenvalue weighted by Crippen LogP contribution is -2.38. The van der Waals surface area contributed by atoms with Crippen LogP contribution >= 0.6 is 0 Å². The van der Waals surface area contributed by atoms with E-state index in [4.69, 9.17) is 15.2 Å². The molecular weight excluding hydrogens is 571 g/mol. The molecule has 2 bridgehead atoms. The quantitative estimate of drug-likeness (QED) is 0.435. The van der Waals surface area contributed by atoms with E-state index in [-0.39, 0.29) is 36.1 Å². The number of methoxy groups -OCH3 is 1. The third kappa shape index (κ3) is 6.15. The fourth-order valence-corrected chi connectivity index (χ4v) is 7.57. The Morgan fingerprint density at radius 1 is 1.07 bits per heavy atom. The van der Waals surface area contributed by atoms with E-state index < -0.39 is 23.9 Å². The van der Waals surface area contributed by atoms with Crippen LogP contribution in [0.1, 0.15) is 72.7 Å². The molecule has 4 atom stereocenters. The number of aromatic nitrogens is 3. The molecule has 5 aliphatic rings. The molecule has 234 valence electrons. The molecule has 0 radical (unpaired) electrons. The fraction of sp³-hybridized carbons (Fsp3) is 0.633. The predicted octanol–water partition coefficient (Wildman–Crippen LogP) is 5.85. The first kappa shape index (κ1) is 30.0. The summed E-state index contributed by atoms with van der Waals surface area (Å²) in [5.41, 5.74) is 6.67. The molecular formula is C30H37F5N6O2. The number of ether oxygens (including phenoxy) is 2. The Hall–Kier alpha value is -3.06. The second-order valence-electron chi connectivity index (χ2n) is 12.3. The van der Waals surface area contributed by atoms with Crippen molar-refractivity contribution in [3.8, 4) is 6.01 Å². The van der Waals surface area contributed by atoms with Gasteiger partial charge in [0.1, 0.15) is 11.6 Å². The van der Waals surface area contributed by atoms with Crippen molar-refractivity contribution < 1.29 is 31.4 Å². The summed E-state index contributed by atoms with van der Waals surface area (Å²) in [5.74, 6) is 2.12. The molecule has 0 aromatic carbocycles. The molecule has 3 saturated heterocycles. The Kier molecular flexibility index (Phi) is 8.22. The number of piperidine rings is 1. The van der Waals surface area contributed by atoms with Crippen molar-refractivity contribution in [3.63, 3.8) is 0 Å². The summed E-state index contributed by atoms with van der Waals surface area (Å²) in [7, 11) is 1.50. The van der Waals surface area contributed by atoms with Crippen LogP contribution in [0.2, 0.25) is 0 Å². The van der Waals surface area contributed by atoms with Crippen molar-refractivity contribution in [1.29, 1.82) is 0 Å². The molecule has 4 aliphatic heterocycles. The van der Waals surface area contributed by atoms with Gasteiger partial charge in [0.05, 0.1) is 36.8 Å². The van der Waals surface area contributed by atoms with Crippen LogP contribution in [0, 0.1) is 18.8 Å². The highest BCUT2D eigenvalue weighted by atomic mass is 19.4. The van der Waals surface area contributed by atoms with E-state index in [1.165, 1.54) is 45.8 Å². The molecule has 2 aromatic rings. The second-order valence-corrected chi connectivity index (χ2v) is 12.3. The number of nitrogens with two attached hydrogens (primary N) is 1. The number of alkyl halides is 3. The highest BCUT2D eigenvalue weighted by Crippen LogP contribution is 2.44. The Labute approximate surface area is 247 Å². The minimum atomic E-state index is -4.56. The van der Waals surface area contributed by atoms with Gasteiger partial charge in [0.2, 0.25) is 0 Å². The van der Waals surface area contributed by atoms with Crippen LogP contribution in [0.4, 0.5) is 33.6 Å². The van der Waals surface area contributed by atoms with Crippen molar-refractivity contribution in [3.05, 3.63) is 45.8 Å². The molecule has 8 nitrogen and oxygen atoms in total. The van der Waals surface area contributed by atoms with E-state index in [2.05, 4.69) is 24.8 Å². The van der Waals surface area contributed by atoms with Gasteiger partial charge in [-0.1, -0.05) is 0 Å². The summed E-state index contributed by atoms with van der Waals surface area (Å²) in [4.78, 5) is 17.3. The van der Waals surface area contributed by atoms with Crippen LogP contribution < -0.4 is 15.4 Å². The van der Waals surface area contributed by atoms with Gasteiger partial charge < -0.3 is 20.1 Å². The average Bonchev–Trinajstić information content (AvgIpc) is 3.66. The maximum Gasteiger partial charge on any atom is 0.418 e. The summed E-state index contributed by atoms with van der Waals surface area (Å²) in [6.45, 7) is 4.82. The second kappa shape index (κ2) is 11.8. The predicted molar refractivity (Wildman–Crippen MR) is 150 cm³/mol. The molecule has 4 unspecified atom stereocenters. The summed E-state index contributed by atoms with van der Waals surface area (Å²) in [5, 5.41) is 0. The maximum absolute atomic E-state index is 13.8. The third-order valence-corrected chi connectivity index (χ3v) is 9.47. The summed E-state index contributed by atoms with van der Waals surface area (Å²) < 4.78 is 76.9. The van der Waals surface area contributed by atoms with E-state index in [0.29, 0.717) is 42.1 Å². The molecule has 1 saturated carbocycles. The van der Waals surface area contributed by atoms with E-state index in [1.54, 1.807) is 0 Å². The van der Waals surface area contributed by atoms with Crippen molar-refractivity contribution in [1.82, 2.24) is 19.9 Å². The lowest BCUT2D eigenvalue weighted by molar-refractivity contribution is -0.140. The number of halogens is 5. The molecule has 43 heavy (non-hydrogen) atoms. The van der Waals surface area contributed by atoms with Gasteiger partial charge in [-0.2, -0.15) is 31.9 Å². The highest BCUT2D eigenvalue weighted by molar-refractivity contribution is 5.52. The van der Waals surface area contributed by atoms with Crippen molar-refractivity contribution in [2.45, 2.75) is 76.8 Å². The fourth-order valence-electron chi connectivity index (χ4n) is 7.57. The van der Waals surface area contributed by atoms with Crippen LogP contribution in [0.25, 0.3) is 0 Å². The number of nitrogen functional groups attached to an aromatic ring is 1. The Morgan fingerprint density at radius 2 is 1.81 bits per heavy atom. The van der Waals surface area contributed by atoms with E-state index >= 15 is 0 Å². The zero-order valence-corrected chi connectivity index (χ0v) is 24.4. The largest absolute Gasteiger partial charge is 0.467 e. The number of anilines is 2. The molecule has 13 heteroatoms. The summed E-state index contributed by atoms with van der Waals surface area (Å²) in [6.07, 6.45) is -0.0554. The first-order valence-corrected chi connectivity index (χ1v) is 14.9. The van der Waals surface area contributed by atoms with E-state index in [1.807, 2.05) is 0 Å². The van der Waals surface area contributed by atoms with Crippen LogP contribution in [-0.2, 0) is 23.9 Å². The molecule has 7 rings (SSSR count). The lowest BCUT2D eigenvalue weighted by atomic mass is 9.94. The number of pyridine rings is 1. The highest BCUT2D eigenvalue weighted by Gasteiger charge is 2.41. The van der Waals surface area contributed by atoms with Gasteiger partial charge in [0, 0.05) is 43.2 Å². The first-order valence-electron chi connectivity index (χ1n) is 14.9. The van der Waals surface area contributed by atoms with Crippen molar-refractivity contribution >= 4 is 11.6 Å². The minimum absolute atomic E-state index is 0.0108. The lowest BCUT2D eigenvalue weighted by Gasteiger charge is -2.36. The first-order chi connectivity index (χ1) is 20.5. The summed E-state index contributed by atoms with van der Waals surface area (Å²) in [6, 6.07) is 1.91. The normalized spacial score (nSPS) is 26.6. The molecule has 2 aromatic heterocycles.